The molecule has 0 bridgehead atoms. The van der Waals surface area contributed by atoms with Gasteiger partial charge in [0.05, 0.1) is 5.69 Å². The zero-order valence-electron chi connectivity index (χ0n) is 16.4. The fourth-order valence-corrected chi connectivity index (χ4v) is 4.75. The number of anilines is 2. The SMILES string of the molecule is O=C1Nc2cc(CN3CC=C(c4ccc(Cl)cc4)CC3)cnc2N2CCCCC12. The van der Waals surface area contributed by atoms with Crippen molar-refractivity contribution in [3.63, 3.8) is 0 Å². The quantitative estimate of drug-likeness (QED) is 0.820. The van der Waals surface area contributed by atoms with E-state index in [9.17, 15) is 4.79 Å². The van der Waals surface area contributed by atoms with Crippen molar-refractivity contribution in [1.29, 1.82) is 0 Å². The molecule has 2 aromatic rings. The minimum absolute atomic E-state index is 0.0480. The van der Waals surface area contributed by atoms with Gasteiger partial charge in [0.25, 0.3) is 0 Å². The molecule has 1 amide bonds. The van der Waals surface area contributed by atoms with Crippen LogP contribution in [0.5, 0.6) is 0 Å². The third kappa shape index (κ3) is 3.77. The van der Waals surface area contributed by atoms with Crippen LogP contribution in [0.15, 0.2) is 42.6 Å². The first kappa shape index (κ1) is 18.6. The van der Waals surface area contributed by atoms with Crippen LogP contribution in [0.25, 0.3) is 5.57 Å². The number of halogens is 1. The highest BCUT2D eigenvalue weighted by molar-refractivity contribution is 6.30. The van der Waals surface area contributed by atoms with E-state index in [4.69, 9.17) is 16.6 Å². The van der Waals surface area contributed by atoms with Crippen molar-refractivity contribution in [2.24, 2.45) is 0 Å². The number of nitrogens with zero attached hydrogens (tertiary/aromatic N) is 3. The monoisotopic (exact) mass is 408 g/mol. The Bertz CT molecular complexity index is 956. The van der Waals surface area contributed by atoms with Gasteiger partial charge in [-0.3, -0.25) is 9.69 Å². The molecular weight excluding hydrogens is 384 g/mol. The molecule has 29 heavy (non-hydrogen) atoms. The van der Waals surface area contributed by atoms with Gasteiger partial charge in [0.1, 0.15) is 6.04 Å². The lowest BCUT2D eigenvalue weighted by Gasteiger charge is -2.40. The number of rotatable bonds is 3. The maximum atomic E-state index is 12.5. The summed E-state index contributed by atoms with van der Waals surface area (Å²) < 4.78 is 0. The molecule has 1 aromatic heterocycles. The summed E-state index contributed by atoms with van der Waals surface area (Å²) in [4.78, 5) is 21.8. The summed E-state index contributed by atoms with van der Waals surface area (Å²) in [5, 5.41) is 3.86. The number of carbonyl (C=O) groups excluding carboxylic acids is 1. The van der Waals surface area contributed by atoms with Crippen LogP contribution in [-0.4, -0.2) is 41.5 Å². The Balaban J connectivity index is 1.28. The van der Waals surface area contributed by atoms with Crippen LogP contribution in [0.3, 0.4) is 0 Å². The van der Waals surface area contributed by atoms with Crippen LogP contribution in [0.1, 0.15) is 36.8 Å². The average molecular weight is 409 g/mol. The summed E-state index contributed by atoms with van der Waals surface area (Å²) in [5.74, 6) is 1.05. The summed E-state index contributed by atoms with van der Waals surface area (Å²) in [6, 6.07) is 10.1. The van der Waals surface area contributed by atoms with Crippen LogP contribution in [-0.2, 0) is 11.3 Å². The largest absolute Gasteiger partial charge is 0.343 e. The van der Waals surface area contributed by atoms with E-state index in [-0.39, 0.29) is 11.9 Å². The highest BCUT2D eigenvalue weighted by Gasteiger charge is 2.35. The standard InChI is InChI=1S/C23H25ClN4O/c24-19-6-4-17(5-7-19)18-8-11-27(12-9-18)15-16-13-20-22(25-14-16)28-10-2-1-3-21(28)23(29)26-20/h4-8,13-14,21H,1-3,9-12,15H2,(H,26,29). The molecule has 1 aromatic carbocycles. The van der Waals surface area contributed by atoms with Crippen LogP contribution in [0, 0.1) is 0 Å². The minimum atomic E-state index is -0.0480. The molecule has 3 aliphatic rings. The summed E-state index contributed by atoms with van der Waals surface area (Å²) in [6.45, 7) is 3.67. The van der Waals surface area contributed by atoms with Crippen LogP contribution >= 0.6 is 11.6 Å². The molecule has 0 saturated carbocycles. The molecule has 4 heterocycles. The van der Waals surface area contributed by atoms with Crippen molar-refractivity contribution in [3.8, 4) is 0 Å². The minimum Gasteiger partial charge on any atom is -0.343 e. The maximum Gasteiger partial charge on any atom is 0.247 e. The summed E-state index contributed by atoms with van der Waals surface area (Å²) in [5.41, 5.74) is 4.64. The zero-order chi connectivity index (χ0) is 19.8. The molecule has 1 saturated heterocycles. The van der Waals surface area contributed by atoms with Gasteiger partial charge in [-0.15, -0.1) is 0 Å². The first-order valence-corrected chi connectivity index (χ1v) is 10.8. The van der Waals surface area contributed by atoms with Gasteiger partial charge in [0.15, 0.2) is 5.82 Å². The molecule has 0 radical (unpaired) electrons. The second kappa shape index (κ2) is 7.81. The second-order valence-electron chi connectivity index (χ2n) is 8.13. The molecule has 1 unspecified atom stereocenters. The number of nitrogens with one attached hydrogen (secondary N) is 1. The van der Waals surface area contributed by atoms with E-state index in [0.29, 0.717) is 0 Å². The first-order valence-electron chi connectivity index (χ1n) is 10.4. The number of fused-ring (bicyclic) bond motifs is 3. The molecule has 1 fully saturated rings. The van der Waals surface area contributed by atoms with Gasteiger partial charge in [-0.1, -0.05) is 29.8 Å². The Morgan fingerprint density at radius 1 is 1.17 bits per heavy atom. The first-order chi connectivity index (χ1) is 14.2. The van der Waals surface area contributed by atoms with E-state index >= 15 is 0 Å². The number of hydrogen-bond donors (Lipinski definition) is 1. The lowest BCUT2D eigenvalue weighted by atomic mass is 9.98. The second-order valence-corrected chi connectivity index (χ2v) is 8.57. The third-order valence-electron chi connectivity index (χ3n) is 6.17. The van der Waals surface area contributed by atoms with Crippen LogP contribution in [0.2, 0.25) is 5.02 Å². The summed E-state index contributed by atoms with van der Waals surface area (Å²) >= 11 is 6.00. The Morgan fingerprint density at radius 2 is 2.03 bits per heavy atom. The van der Waals surface area contributed by atoms with Gasteiger partial charge >= 0.3 is 0 Å². The summed E-state index contributed by atoms with van der Waals surface area (Å²) in [6.07, 6.45) is 8.46. The zero-order valence-corrected chi connectivity index (χ0v) is 17.2. The smallest absolute Gasteiger partial charge is 0.247 e. The van der Waals surface area contributed by atoms with Gasteiger partial charge < -0.3 is 10.2 Å². The van der Waals surface area contributed by atoms with Crippen molar-refractivity contribution < 1.29 is 4.79 Å². The molecule has 1 atom stereocenters. The molecule has 5 nitrogen and oxygen atoms in total. The number of aromatic nitrogens is 1. The fraction of sp³-hybridized carbons (Fsp3) is 0.391. The van der Waals surface area contributed by atoms with E-state index in [1.807, 2.05) is 18.3 Å². The average Bonchev–Trinajstić information content (AvgIpc) is 2.75. The predicted molar refractivity (Wildman–Crippen MR) is 117 cm³/mol. The Kier molecular flexibility index (Phi) is 5.02. The number of pyridine rings is 1. The van der Waals surface area contributed by atoms with Gasteiger partial charge in [-0.25, -0.2) is 4.98 Å². The molecule has 1 N–H and O–H groups in total. The highest BCUT2D eigenvalue weighted by Crippen LogP contribution is 2.35. The lowest BCUT2D eigenvalue weighted by Crippen LogP contribution is -2.51. The number of amides is 1. The van der Waals surface area contributed by atoms with E-state index in [1.54, 1.807) is 0 Å². The predicted octanol–water partition coefficient (Wildman–Crippen LogP) is 4.34. The van der Waals surface area contributed by atoms with Gasteiger partial charge in [0, 0.05) is 37.4 Å². The van der Waals surface area contributed by atoms with Crippen LogP contribution in [0.4, 0.5) is 11.5 Å². The molecule has 0 spiro atoms. The van der Waals surface area contributed by atoms with Crippen molar-refractivity contribution >= 4 is 34.6 Å². The Labute approximate surface area is 176 Å². The Morgan fingerprint density at radius 3 is 2.83 bits per heavy atom. The van der Waals surface area contributed by atoms with Gasteiger partial charge in [-0.05, 0) is 60.6 Å². The molecule has 150 valence electrons. The summed E-state index contributed by atoms with van der Waals surface area (Å²) in [7, 11) is 0. The van der Waals surface area contributed by atoms with E-state index in [0.717, 1.165) is 74.0 Å². The Hall–Kier alpha value is -2.37. The topological polar surface area (TPSA) is 48.5 Å². The normalized spacial score (nSPS) is 21.8. The molecule has 5 rings (SSSR count). The van der Waals surface area contributed by atoms with Crippen molar-refractivity contribution in [2.45, 2.75) is 38.3 Å². The van der Waals surface area contributed by atoms with E-state index in [1.165, 1.54) is 11.1 Å². The number of hydrogen-bond acceptors (Lipinski definition) is 4. The lowest BCUT2D eigenvalue weighted by molar-refractivity contribution is -0.118. The molecule has 3 aliphatic heterocycles. The third-order valence-corrected chi connectivity index (χ3v) is 6.43. The van der Waals surface area contributed by atoms with Crippen LogP contribution < -0.4 is 10.2 Å². The van der Waals surface area contributed by atoms with E-state index < -0.39 is 0 Å². The molecular formula is C23H25ClN4O. The highest BCUT2D eigenvalue weighted by atomic mass is 35.5. The fourth-order valence-electron chi connectivity index (χ4n) is 4.62. The van der Waals surface area contributed by atoms with E-state index in [2.05, 4.69) is 39.4 Å². The number of carbonyl (C=O) groups is 1. The molecule has 0 aliphatic carbocycles. The van der Waals surface area contributed by atoms with Gasteiger partial charge in [-0.2, -0.15) is 0 Å². The maximum absolute atomic E-state index is 12.5. The molecule has 6 heteroatoms. The number of benzene rings is 1. The van der Waals surface area contributed by atoms with Crippen molar-refractivity contribution in [3.05, 3.63) is 58.8 Å². The number of piperidine rings is 1. The van der Waals surface area contributed by atoms with Crippen molar-refractivity contribution in [2.75, 3.05) is 29.9 Å². The van der Waals surface area contributed by atoms with Gasteiger partial charge in [0.2, 0.25) is 5.91 Å². The van der Waals surface area contributed by atoms with Crippen molar-refractivity contribution in [1.82, 2.24) is 9.88 Å².